The molecule has 5 atom stereocenters. The van der Waals surface area contributed by atoms with Gasteiger partial charge in [-0.1, -0.05) is 52.3 Å². The lowest BCUT2D eigenvalue weighted by atomic mass is 9.49. The van der Waals surface area contributed by atoms with E-state index in [1.807, 2.05) is 6.92 Å². The van der Waals surface area contributed by atoms with Gasteiger partial charge in [-0.3, -0.25) is 10.1 Å². The Morgan fingerprint density at radius 2 is 1.94 bits per heavy atom. The van der Waals surface area contributed by atoms with E-state index in [4.69, 9.17) is 4.74 Å². The number of nitrogens with one attached hydrogen (secondary N) is 1. The molecule has 5 unspecified atom stereocenters. The van der Waals surface area contributed by atoms with E-state index in [0.29, 0.717) is 11.8 Å². The van der Waals surface area contributed by atoms with E-state index in [-0.39, 0.29) is 29.0 Å². The molecular weight excluding hydrogens is 432 g/mol. The molecule has 1 N–H and O–H groups in total. The standard InChI is InChI=1S/C31H46N2O2/c1-20(2)23-10-12-26-24(17-23)11-13-27-30(5,14-8-15-31(26,27)6)19-33-28(21(3)22(4)29(33)34)32-18-25-9-7-16-35-25/h10,12,17,20,25,27-28,32H,7-9,11,13-16,18-19H2,1-6H3. The number of carbonyl (C=O) groups excluding carboxylic acids is 1. The Morgan fingerprint density at radius 3 is 2.66 bits per heavy atom. The normalized spacial score (nSPS) is 35.1. The number of fused-ring (bicyclic) bond motifs is 3. The molecule has 2 heterocycles. The molecule has 4 aliphatic rings. The van der Waals surface area contributed by atoms with Crippen LogP contribution in [0.4, 0.5) is 0 Å². The van der Waals surface area contributed by atoms with Gasteiger partial charge in [-0.05, 0) is 97.3 Å². The van der Waals surface area contributed by atoms with Crippen molar-refractivity contribution in [2.45, 2.75) is 110 Å². The first-order valence-corrected chi connectivity index (χ1v) is 14.1. The topological polar surface area (TPSA) is 41.6 Å². The van der Waals surface area contributed by atoms with Crippen molar-refractivity contribution in [3.63, 3.8) is 0 Å². The van der Waals surface area contributed by atoms with E-state index < -0.39 is 0 Å². The monoisotopic (exact) mass is 478 g/mol. The van der Waals surface area contributed by atoms with Gasteiger partial charge in [0.05, 0.1) is 6.10 Å². The Hall–Kier alpha value is -1.65. The molecule has 0 bridgehead atoms. The molecule has 1 amide bonds. The molecule has 0 aromatic heterocycles. The number of nitrogens with zero attached hydrogens (tertiary/aromatic N) is 1. The number of benzene rings is 1. The van der Waals surface area contributed by atoms with E-state index in [1.165, 1.54) is 36.8 Å². The summed E-state index contributed by atoms with van der Waals surface area (Å²) in [4.78, 5) is 15.6. The Kier molecular flexibility index (Phi) is 6.68. The van der Waals surface area contributed by atoms with Crippen molar-refractivity contribution in [1.29, 1.82) is 0 Å². The summed E-state index contributed by atoms with van der Waals surface area (Å²) in [5.41, 5.74) is 7.03. The van der Waals surface area contributed by atoms with Gasteiger partial charge >= 0.3 is 0 Å². The number of aryl methyl sites for hydroxylation is 1. The maximum Gasteiger partial charge on any atom is 0.251 e. The lowest BCUT2D eigenvalue weighted by Gasteiger charge is -2.56. The number of amides is 1. The fraction of sp³-hybridized carbons (Fsp3) is 0.710. The quantitative estimate of drug-likeness (QED) is 0.538. The molecule has 4 nitrogen and oxygen atoms in total. The summed E-state index contributed by atoms with van der Waals surface area (Å²) in [5.74, 6) is 1.38. The molecule has 4 heteroatoms. The van der Waals surface area contributed by atoms with Crippen LogP contribution in [0.5, 0.6) is 0 Å². The summed E-state index contributed by atoms with van der Waals surface area (Å²) in [6, 6.07) is 7.30. The van der Waals surface area contributed by atoms with Gasteiger partial charge in [-0.15, -0.1) is 0 Å². The zero-order valence-electron chi connectivity index (χ0n) is 22.9. The lowest BCUT2D eigenvalue weighted by Crippen LogP contribution is -2.57. The van der Waals surface area contributed by atoms with E-state index in [2.05, 4.69) is 63.0 Å². The summed E-state index contributed by atoms with van der Waals surface area (Å²) in [5, 5.41) is 3.73. The predicted octanol–water partition coefficient (Wildman–Crippen LogP) is 6.09. The minimum Gasteiger partial charge on any atom is -0.377 e. The number of rotatable bonds is 6. The van der Waals surface area contributed by atoms with E-state index >= 15 is 0 Å². The molecule has 0 radical (unpaired) electrons. The molecule has 0 spiro atoms. The average molecular weight is 479 g/mol. The first-order valence-electron chi connectivity index (χ1n) is 14.1. The van der Waals surface area contributed by atoms with Gasteiger partial charge in [0, 0.05) is 25.3 Å². The van der Waals surface area contributed by atoms with Crippen LogP contribution in [0.3, 0.4) is 0 Å². The molecule has 5 rings (SSSR count). The van der Waals surface area contributed by atoms with Gasteiger partial charge in [-0.2, -0.15) is 0 Å². The summed E-state index contributed by atoms with van der Waals surface area (Å²) in [7, 11) is 0. The fourth-order valence-corrected chi connectivity index (χ4v) is 8.00. The molecule has 192 valence electrons. The molecule has 1 saturated carbocycles. The highest BCUT2D eigenvalue weighted by Gasteiger charge is 2.53. The van der Waals surface area contributed by atoms with Crippen molar-refractivity contribution in [3.05, 3.63) is 46.0 Å². The van der Waals surface area contributed by atoms with Crippen molar-refractivity contribution in [3.8, 4) is 0 Å². The van der Waals surface area contributed by atoms with Crippen molar-refractivity contribution < 1.29 is 9.53 Å². The van der Waals surface area contributed by atoms with Gasteiger partial charge in [-0.25, -0.2) is 0 Å². The zero-order valence-corrected chi connectivity index (χ0v) is 22.9. The maximum atomic E-state index is 13.5. The van der Waals surface area contributed by atoms with Crippen LogP contribution in [-0.2, 0) is 21.4 Å². The van der Waals surface area contributed by atoms with Gasteiger partial charge in [0.2, 0.25) is 0 Å². The largest absolute Gasteiger partial charge is 0.377 e. The number of ether oxygens (including phenoxy) is 1. The van der Waals surface area contributed by atoms with Crippen LogP contribution in [0.25, 0.3) is 0 Å². The van der Waals surface area contributed by atoms with Gasteiger partial charge in [0.1, 0.15) is 6.17 Å². The number of carbonyl (C=O) groups is 1. The lowest BCUT2D eigenvalue weighted by molar-refractivity contribution is -0.131. The fourth-order valence-electron chi connectivity index (χ4n) is 8.00. The van der Waals surface area contributed by atoms with Gasteiger partial charge in [0.25, 0.3) is 5.91 Å². The predicted molar refractivity (Wildman–Crippen MR) is 143 cm³/mol. The second-order valence-electron chi connectivity index (χ2n) is 12.8. The third-order valence-electron chi connectivity index (χ3n) is 10.2. The first kappa shape index (κ1) is 25.0. The summed E-state index contributed by atoms with van der Waals surface area (Å²) in [6.45, 7) is 16.3. The Labute approximate surface area is 212 Å². The van der Waals surface area contributed by atoms with Gasteiger partial charge in [0.15, 0.2) is 0 Å². The van der Waals surface area contributed by atoms with E-state index in [0.717, 1.165) is 44.5 Å². The highest BCUT2D eigenvalue weighted by molar-refractivity contribution is 5.97. The van der Waals surface area contributed by atoms with E-state index in [1.54, 1.807) is 11.1 Å². The third-order valence-corrected chi connectivity index (χ3v) is 10.2. The Bertz CT molecular complexity index is 1010. The van der Waals surface area contributed by atoms with Crippen LogP contribution in [0, 0.1) is 11.3 Å². The van der Waals surface area contributed by atoms with Crippen molar-refractivity contribution in [2.24, 2.45) is 11.3 Å². The van der Waals surface area contributed by atoms with Crippen LogP contribution in [0.15, 0.2) is 29.3 Å². The summed E-state index contributed by atoms with van der Waals surface area (Å²) < 4.78 is 5.86. The van der Waals surface area contributed by atoms with Crippen LogP contribution in [0.1, 0.15) is 103 Å². The Balaban J connectivity index is 1.39. The molecule has 1 saturated heterocycles. The minimum atomic E-state index is 0.00110. The van der Waals surface area contributed by atoms with Crippen LogP contribution >= 0.6 is 0 Å². The van der Waals surface area contributed by atoms with Crippen LogP contribution < -0.4 is 5.32 Å². The van der Waals surface area contributed by atoms with Gasteiger partial charge < -0.3 is 9.64 Å². The molecule has 1 aromatic carbocycles. The summed E-state index contributed by atoms with van der Waals surface area (Å²) >= 11 is 0. The van der Waals surface area contributed by atoms with Crippen LogP contribution in [0.2, 0.25) is 0 Å². The SMILES string of the molecule is CC1=C(C)C(NCC2CCCO2)N(CC2(C)CCCC3(C)c4ccc(C(C)C)cc4CCC23)C1=O. The highest BCUT2D eigenvalue weighted by atomic mass is 16.5. The minimum absolute atomic E-state index is 0.00110. The van der Waals surface area contributed by atoms with Crippen LogP contribution in [-0.4, -0.2) is 42.8 Å². The molecular formula is C31H46N2O2. The van der Waals surface area contributed by atoms with E-state index in [9.17, 15) is 4.79 Å². The smallest absolute Gasteiger partial charge is 0.251 e. The van der Waals surface area contributed by atoms with Crippen molar-refractivity contribution >= 4 is 5.91 Å². The molecule has 2 aliphatic heterocycles. The van der Waals surface area contributed by atoms with Crippen molar-refractivity contribution in [2.75, 3.05) is 19.7 Å². The summed E-state index contributed by atoms with van der Waals surface area (Å²) in [6.07, 6.45) is 8.62. The first-order chi connectivity index (χ1) is 16.6. The number of hydrogen-bond acceptors (Lipinski definition) is 3. The third kappa shape index (κ3) is 4.29. The maximum absolute atomic E-state index is 13.5. The second kappa shape index (κ2) is 9.34. The molecule has 2 aliphatic carbocycles. The molecule has 2 fully saturated rings. The highest BCUT2D eigenvalue weighted by Crippen LogP contribution is 2.58. The van der Waals surface area contributed by atoms with Crippen molar-refractivity contribution in [1.82, 2.24) is 10.2 Å². The second-order valence-corrected chi connectivity index (χ2v) is 12.8. The number of hydrogen-bond donors (Lipinski definition) is 1. The molecule has 35 heavy (non-hydrogen) atoms. The molecule has 1 aromatic rings. The Morgan fingerprint density at radius 1 is 1.14 bits per heavy atom. The zero-order chi connectivity index (χ0) is 25.0. The average Bonchev–Trinajstić information content (AvgIpc) is 3.41.